The van der Waals surface area contributed by atoms with Gasteiger partial charge in [-0.15, -0.1) is 0 Å². The number of carbonyl (C=O) groups excluding carboxylic acids is 2. The standard InChI is InChI=1S/C33H33N7O5/c1-39-26-13-9-22(18-25(26)38-30(39)20-37-23-10-7-21(8-11-23)32(34)35)33(42)40(29-6-4-5-16-36-29)17-15-31(41)45-27-14-12-24(43-2)19-28(27)44-3/h4-14,16,18-19,37H,15,17,20H2,1-3H3,(H3,34,35). The van der Waals surface area contributed by atoms with Gasteiger partial charge in [-0.05, 0) is 66.7 Å². The summed E-state index contributed by atoms with van der Waals surface area (Å²) in [4.78, 5) is 37.3. The molecule has 4 N–H and O–H groups in total. The van der Waals surface area contributed by atoms with Gasteiger partial charge < -0.3 is 29.8 Å². The van der Waals surface area contributed by atoms with E-state index >= 15 is 0 Å². The second-order valence-electron chi connectivity index (χ2n) is 10.0. The Morgan fingerprint density at radius 1 is 0.956 bits per heavy atom. The minimum absolute atomic E-state index is 0.0121. The molecule has 12 nitrogen and oxygen atoms in total. The minimum Gasteiger partial charge on any atom is -0.497 e. The molecule has 0 aliphatic heterocycles. The molecular weight excluding hydrogens is 574 g/mol. The van der Waals surface area contributed by atoms with Gasteiger partial charge in [-0.1, -0.05) is 6.07 Å². The smallest absolute Gasteiger partial charge is 0.313 e. The molecular formula is C33H33N7O5. The van der Waals surface area contributed by atoms with Gasteiger partial charge >= 0.3 is 5.97 Å². The first-order valence-electron chi connectivity index (χ1n) is 14.1. The van der Waals surface area contributed by atoms with Gasteiger partial charge in [-0.25, -0.2) is 9.97 Å². The van der Waals surface area contributed by atoms with Crippen molar-refractivity contribution in [2.45, 2.75) is 13.0 Å². The number of nitrogens with two attached hydrogens (primary N) is 1. The van der Waals surface area contributed by atoms with Gasteiger partial charge in [-0.2, -0.15) is 0 Å². The fourth-order valence-electron chi connectivity index (χ4n) is 4.71. The molecule has 0 radical (unpaired) electrons. The van der Waals surface area contributed by atoms with E-state index in [0.717, 1.165) is 17.0 Å². The fraction of sp³-hybridized carbons (Fsp3) is 0.182. The van der Waals surface area contributed by atoms with Crippen molar-refractivity contribution in [2.24, 2.45) is 12.8 Å². The van der Waals surface area contributed by atoms with Crippen LogP contribution in [0.4, 0.5) is 11.5 Å². The third-order valence-electron chi connectivity index (χ3n) is 7.17. The number of fused-ring (bicyclic) bond motifs is 1. The maximum Gasteiger partial charge on any atom is 0.313 e. The van der Waals surface area contributed by atoms with E-state index in [9.17, 15) is 9.59 Å². The lowest BCUT2D eigenvalue weighted by Gasteiger charge is -2.21. The quantitative estimate of drug-likeness (QED) is 0.0802. The zero-order chi connectivity index (χ0) is 31.9. The number of imidazole rings is 1. The number of benzene rings is 3. The van der Waals surface area contributed by atoms with Gasteiger partial charge in [0.2, 0.25) is 0 Å². The van der Waals surface area contributed by atoms with Crippen molar-refractivity contribution < 1.29 is 23.8 Å². The highest BCUT2D eigenvalue weighted by atomic mass is 16.6. The number of nitrogens with one attached hydrogen (secondary N) is 2. The zero-order valence-corrected chi connectivity index (χ0v) is 25.1. The summed E-state index contributed by atoms with van der Waals surface area (Å²) in [6.07, 6.45) is 1.50. The normalized spacial score (nSPS) is 10.7. The van der Waals surface area contributed by atoms with Crippen LogP contribution in [0.15, 0.2) is 85.1 Å². The van der Waals surface area contributed by atoms with Crippen molar-refractivity contribution in [1.82, 2.24) is 14.5 Å². The summed E-state index contributed by atoms with van der Waals surface area (Å²) >= 11 is 0. The molecule has 0 aliphatic carbocycles. The molecule has 1 amide bonds. The molecule has 0 saturated heterocycles. The number of hydrogen-bond donors (Lipinski definition) is 3. The van der Waals surface area contributed by atoms with Crippen molar-refractivity contribution in [3.05, 3.63) is 102 Å². The molecule has 2 heterocycles. The third kappa shape index (κ3) is 7.02. The van der Waals surface area contributed by atoms with Gasteiger partial charge in [0, 0.05) is 42.7 Å². The molecule has 2 aromatic heterocycles. The number of aromatic nitrogens is 3. The Morgan fingerprint density at radius 2 is 1.73 bits per heavy atom. The molecule has 5 aromatic rings. The van der Waals surface area contributed by atoms with Gasteiger partial charge in [0.1, 0.15) is 23.2 Å². The lowest BCUT2D eigenvalue weighted by molar-refractivity contribution is -0.134. The van der Waals surface area contributed by atoms with E-state index in [2.05, 4.69) is 10.3 Å². The molecule has 0 unspecified atom stereocenters. The largest absolute Gasteiger partial charge is 0.497 e. The summed E-state index contributed by atoms with van der Waals surface area (Å²) in [6.45, 7) is 0.472. The number of esters is 1. The van der Waals surface area contributed by atoms with E-state index in [1.54, 1.807) is 66.9 Å². The van der Waals surface area contributed by atoms with Crippen LogP contribution >= 0.6 is 0 Å². The Morgan fingerprint density at radius 3 is 2.42 bits per heavy atom. The number of carbonyl (C=O) groups is 2. The van der Waals surface area contributed by atoms with Crippen molar-refractivity contribution >= 4 is 40.3 Å². The second-order valence-corrected chi connectivity index (χ2v) is 10.0. The summed E-state index contributed by atoms with van der Waals surface area (Å²) in [7, 11) is 4.92. The number of anilines is 2. The van der Waals surface area contributed by atoms with E-state index in [1.807, 2.05) is 29.8 Å². The number of amidine groups is 1. The van der Waals surface area contributed by atoms with Crippen LogP contribution < -0.4 is 30.2 Å². The van der Waals surface area contributed by atoms with Gasteiger partial charge in [-0.3, -0.25) is 19.9 Å². The average Bonchev–Trinajstić information content (AvgIpc) is 3.38. The predicted molar refractivity (Wildman–Crippen MR) is 171 cm³/mol. The summed E-state index contributed by atoms with van der Waals surface area (Å²) in [5.41, 5.74) is 8.96. The van der Waals surface area contributed by atoms with Crippen LogP contribution in [0.5, 0.6) is 17.2 Å². The maximum absolute atomic E-state index is 13.8. The maximum atomic E-state index is 13.8. The van der Waals surface area contributed by atoms with Gasteiger partial charge in [0.05, 0.1) is 38.2 Å². The van der Waals surface area contributed by atoms with E-state index < -0.39 is 5.97 Å². The van der Waals surface area contributed by atoms with Crippen LogP contribution in [0, 0.1) is 5.41 Å². The summed E-state index contributed by atoms with van der Waals surface area (Å²) < 4.78 is 18.0. The first kappa shape index (κ1) is 30.5. The minimum atomic E-state index is -0.541. The Kier molecular flexibility index (Phi) is 9.23. The van der Waals surface area contributed by atoms with Gasteiger partial charge in [0.15, 0.2) is 11.5 Å². The molecule has 0 atom stereocenters. The molecule has 0 aliphatic rings. The third-order valence-corrected chi connectivity index (χ3v) is 7.17. The van der Waals surface area contributed by atoms with Crippen LogP contribution in [0.2, 0.25) is 0 Å². The molecule has 5 rings (SSSR count). The van der Waals surface area contributed by atoms with Crippen LogP contribution in [0.25, 0.3) is 11.0 Å². The van der Waals surface area contributed by atoms with Crippen LogP contribution in [-0.4, -0.2) is 53.0 Å². The highest BCUT2D eigenvalue weighted by molar-refractivity contribution is 6.07. The topological polar surface area (TPSA) is 158 Å². The fourth-order valence-corrected chi connectivity index (χ4v) is 4.71. The first-order chi connectivity index (χ1) is 21.8. The number of nitrogens with zero attached hydrogens (tertiary/aromatic N) is 4. The monoisotopic (exact) mass is 607 g/mol. The molecule has 230 valence electrons. The molecule has 0 spiro atoms. The Hall–Kier alpha value is -5.91. The molecule has 3 aromatic carbocycles. The van der Waals surface area contributed by atoms with E-state index in [0.29, 0.717) is 40.5 Å². The summed E-state index contributed by atoms with van der Waals surface area (Å²) in [6, 6.07) is 22.7. The van der Waals surface area contributed by atoms with Crippen LogP contribution in [0.1, 0.15) is 28.2 Å². The number of ether oxygens (including phenoxy) is 3. The average molecular weight is 608 g/mol. The number of methoxy groups -OCH3 is 2. The number of pyridine rings is 1. The zero-order valence-electron chi connectivity index (χ0n) is 25.1. The SMILES string of the molecule is COc1ccc(OC(=O)CCN(C(=O)c2ccc3c(c2)nc(CNc2ccc(C(=N)N)cc2)n3C)c2ccccn2)c(OC)c1. The van der Waals surface area contributed by atoms with E-state index in [-0.39, 0.29) is 30.5 Å². The molecule has 12 heteroatoms. The van der Waals surface area contributed by atoms with Crippen molar-refractivity contribution in [3.63, 3.8) is 0 Å². The summed E-state index contributed by atoms with van der Waals surface area (Å²) in [5.74, 6) is 1.47. The van der Waals surface area contributed by atoms with Gasteiger partial charge in [0.25, 0.3) is 5.91 Å². The number of amides is 1. The number of rotatable bonds is 12. The second kappa shape index (κ2) is 13.6. The van der Waals surface area contributed by atoms with E-state index in [1.165, 1.54) is 19.1 Å². The Balaban J connectivity index is 1.32. The number of hydrogen-bond acceptors (Lipinski definition) is 9. The Bertz CT molecular complexity index is 1840. The number of aryl methyl sites for hydroxylation is 1. The Labute approximate surface area is 259 Å². The number of nitrogen functional groups attached to an aromatic ring is 1. The highest BCUT2D eigenvalue weighted by Gasteiger charge is 2.22. The molecule has 45 heavy (non-hydrogen) atoms. The lowest BCUT2D eigenvalue weighted by atomic mass is 10.1. The first-order valence-corrected chi connectivity index (χ1v) is 14.1. The summed E-state index contributed by atoms with van der Waals surface area (Å²) in [5, 5.41) is 10.9. The molecule has 0 saturated carbocycles. The van der Waals surface area contributed by atoms with Crippen molar-refractivity contribution in [2.75, 3.05) is 31.0 Å². The van der Waals surface area contributed by atoms with E-state index in [4.69, 9.17) is 30.3 Å². The van der Waals surface area contributed by atoms with Crippen molar-refractivity contribution in [1.29, 1.82) is 5.41 Å². The predicted octanol–water partition coefficient (Wildman–Crippen LogP) is 4.52. The lowest BCUT2D eigenvalue weighted by Crippen LogP contribution is -2.34. The molecule has 0 fully saturated rings. The van der Waals surface area contributed by atoms with Crippen LogP contribution in [-0.2, 0) is 18.4 Å². The van der Waals surface area contributed by atoms with Crippen LogP contribution in [0.3, 0.4) is 0 Å². The molecule has 0 bridgehead atoms. The highest BCUT2D eigenvalue weighted by Crippen LogP contribution is 2.31. The van der Waals surface area contributed by atoms with Crippen molar-refractivity contribution in [3.8, 4) is 17.2 Å².